The smallest absolute Gasteiger partial charge is 0.300 e. The van der Waals surface area contributed by atoms with Crippen LogP contribution < -0.4 is 10.6 Å². The maximum absolute atomic E-state index is 9.00. The van der Waals surface area contributed by atoms with Crippen LogP contribution in [0.2, 0.25) is 0 Å². The summed E-state index contributed by atoms with van der Waals surface area (Å²) < 4.78 is 0. The summed E-state index contributed by atoms with van der Waals surface area (Å²) in [7, 11) is 2.02. The van der Waals surface area contributed by atoms with Gasteiger partial charge in [-0.2, -0.15) is 4.99 Å². The number of carboxylic acid groups (broad SMARTS) is 1. The van der Waals surface area contributed by atoms with Crippen molar-refractivity contribution in [1.29, 1.82) is 0 Å². The second kappa shape index (κ2) is 18.3. The summed E-state index contributed by atoms with van der Waals surface area (Å²) in [6.45, 7) is 7.13. The molecule has 1 rings (SSSR count). The number of carbonyl (C=O) groups is 1. The first-order chi connectivity index (χ1) is 13.9. The molecule has 7 heteroatoms. The zero-order valence-electron chi connectivity index (χ0n) is 19.0. The minimum atomic E-state index is -0.833. The van der Waals surface area contributed by atoms with Crippen LogP contribution in [0.3, 0.4) is 0 Å². The minimum Gasteiger partial charge on any atom is -0.481 e. The zero-order chi connectivity index (χ0) is 21.9. The average Bonchev–Trinajstić information content (AvgIpc) is 2.67. The van der Waals surface area contributed by atoms with E-state index in [4.69, 9.17) is 15.0 Å². The number of aliphatic hydroxyl groups is 1. The van der Waals surface area contributed by atoms with Crippen molar-refractivity contribution < 1.29 is 15.0 Å². The molecular weight excluding hydrogens is 368 g/mol. The van der Waals surface area contributed by atoms with Crippen LogP contribution in [0.15, 0.2) is 16.9 Å². The Bertz CT molecular complexity index is 477. The molecular formula is C22H44N4O3. The number of aliphatic imine (C=N–C) groups is 1. The molecule has 170 valence electrons. The van der Waals surface area contributed by atoms with E-state index in [1.807, 2.05) is 7.05 Å². The third kappa shape index (κ3) is 15.8. The Morgan fingerprint density at radius 3 is 2.07 bits per heavy atom. The van der Waals surface area contributed by atoms with Gasteiger partial charge in [0.2, 0.25) is 5.96 Å². The highest BCUT2D eigenvalue weighted by atomic mass is 16.4. The van der Waals surface area contributed by atoms with Gasteiger partial charge in [-0.3, -0.25) is 4.79 Å². The molecule has 1 aliphatic heterocycles. The SMILES string of the molecule is CC(=O)O.CCCCCCCCCCCCNC1=CC(C)N(C)C(NCCO)=N1. The van der Waals surface area contributed by atoms with Crippen molar-refractivity contribution in [2.45, 2.75) is 91.0 Å². The van der Waals surface area contributed by atoms with Gasteiger partial charge in [-0.1, -0.05) is 64.7 Å². The van der Waals surface area contributed by atoms with Crippen molar-refractivity contribution >= 4 is 11.9 Å². The minimum absolute atomic E-state index is 0.117. The number of nitrogens with one attached hydrogen (secondary N) is 2. The van der Waals surface area contributed by atoms with E-state index in [1.54, 1.807) is 0 Å². The van der Waals surface area contributed by atoms with Gasteiger partial charge >= 0.3 is 0 Å². The highest BCUT2D eigenvalue weighted by Gasteiger charge is 2.17. The Morgan fingerprint density at radius 2 is 1.55 bits per heavy atom. The van der Waals surface area contributed by atoms with Gasteiger partial charge in [0.25, 0.3) is 5.97 Å². The molecule has 0 aromatic rings. The van der Waals surface area contributed by atoms with Crippen molar-refractivity contribution in [3.8, 4) is 0 Å². The fraction of sp³-hybridized carbons (Fsp3) is 0.818. The van der Waals surface area contributed by atoms with E-state index in [0.29, 0.717) is 12.6 Å². The number of unbranched alkanes of at least 4 members (excludes halogenated alkanes) is 9. The molecule has 0 amide bonds. The van der Waals surface area contributed by atoms with E-state index in [2.05, 4.69) is 40.4 Å². The fourth-order valence-corrected chi connectivity index (χ4v) is 3.02. The van der Waals surface area contributed by atoms with Gasteiger partial charge in [0.15, 0.2) is 0 Å². The number of carboxylic acids is 1. The van der Waals surface area contributed by atoms with Crippen LogP contribution in [0.5, 0.6) is 0 Å². The van der Waals surface area contributed by atoms with Crippen LogP contribution in [0, 0.1) is 0 Å². The number of nitrogens with zero attached hydrogens (tertiary/aromatic N) is 2. The summed E-state index contributed by atoms with van der Waals surface area (Å²) in [5.74, 6) is 0.941. The van der Waals surface area contributed by atoms with Gasteiger partial charge in [-0.15, -0.1) is 0 Å². The summed E-state index contributed by atoms with van der Waals surface area (Å²) >= 11 is 0. The van der Waals surface area contributed by atoms with Crippen molar-refractivity contribution in [1.82, 2.24) is 15.5 Å². The predicted octanol–water partition coefficient (Wildman–Crippen LogP) is 3.70. The standard InChI is InChI=1S/C20H40N4O.C2H4O2/c1-4-5-6-7-8-9-10-11-12-13-14-21-19-17-18(2)24(3)20(23-19)22-15-16-25;1-2(3)4/h17-18,21,25H,4-16H2,1-3H3,(H,22,23);1H3,(H,3,4). The Hall–Kier alpha value is -1.76. The molecule has 0 saturated heterocycles. The Kier molecular flexibility index (Phi) is 17.2. The maximum Gasteiger partial charge on any atom is 0.300 e. The first-order valence-electron chi connectivity index (χ1n) is 11.2. The Labute approximate surface area is 177 Å². The van der Waals surface area contributed by atoms with E-state index in [9.17, 15) is 0 Å². The van der Waals surface area contributed by atoms with Gasteiger partial charge in [-0.25, -0.2) is 0 Å². The molecule has 29 heavy (non-hydrogen) atoms. The molecule has 1 unspecified atom stereocenters. The third-order valence-electron chi connectivity index (χ3n) is 4.80. The Morgan fingerprint density at radius 1 is 1.03 bits per heavy atom. The number of guanidine groups is 1. The summed E-state index contributed by atoms with van der Waals surface area (Å²) in [6.07, 6.45) is 15.8. The first-order valence-corrected chi connectivity index (χ1v) is 11.2. The van der Waals surface area contributed by atoms with E-state index < -0.39 is 5.97 Å². The van der Waals surface area contributed by atoms with Crippen molar-refractivity contribution in [3.63, 3.8) is 0 Å². The summed E-state index contributed by atoms with van der Waals surface area (Å²) in [5, 5.41) is 23.0. The molecule has 0 bridgehead atoms. The second-order valence-corrected chi connectivity index (χ2v) is 7.62. The van der Waals surface area contributed by atoms with Gasteiger partial charge in [0.1, 0.15) is 5.82 Å². The molecule has 1 atom stereocenters. The van der Waals surface area contributed by atoms with Crippen LogP contribution in [-0.2, 0) is 4.79 Å². The molecule has 4 N–H and O–H groups in total. The van der Waals surface area contributed by atoms with Crippen molar-refractivity contribution in [3.05, 3.63) is 11.9 Å². The molecule has 0 aromatic carbocycles. The van der Waals surface area contributed by atoms with Crippen LogP contribution >= 0.6 is 0 Å². The normalized spacial score (nSPS) is 15.8. The number of aliphatic carboxylic acids is 1. The van der Waals surface area contributed by atoms with Crippen molar-refractivity contribution in [2.24, 2.45) is 4.99 Å². The van der Waals surface area contributed by atoms with Crippen LogP contribution in [-0.4, -0.2) is 59.8 Å². The fourth-order valence-electron chi connectivity index (χ4n) is 3.02. The molecule has 1 heterocycles. The van der Waals surface area contributed by atoms with Gasteiger partial charge in [-0.05, 0) is 19.4 Å². The lowest BCUT2D eigenvalue weighted by molar-refractivity contribution is -0.134. The number of rotatable bonds is 14. The van der Waals surface area contributed by atoms with Crippen molar-refractivity contribution in [2.75, 3.05) is 26.7 Å². The topological polar surface area (TPSA) is 97.2 Å². The number of hydrogen-bond donors (Lipinski definition) is 4. The van der Waals surface area contributed by atoms with Crippen LogP contribution in [0.25, 0.3) is 0 Å². The average molecular weight is 413 g/mol. The molecule has 7 nitrogen and oxygen atoms in total. The number of hydrogen-bond acceptors (Lipinski definition) is 6. The molecule has 0 aromatic heterocycles. The van der Waals surface area contributed by atoms with Gasteiger partial charge in [0.05, 0.1) is 12.6 Å². The maximum atomic E-state index is 9.00. The summed E-state index contributed by atoms with van der Waals surface area (Å²) in [4.78, 5) is 15.7. The van der Waals surface area contributed by atoms with Gasteiger partial charge in [0, 0.05) is 27.1 Å². The van der Waals surface area contributed by atoms with E-state index in [-0.39, 0.29) is 6.61 Å². The quantitative estimate of drug-likeness (QED) is 0.325. The van der Waals surface area contributed by atoms with Crippen LogP contribution in [0.1, 0.15) is 85.0 Å². The first kappa shape index (κ1) is 27.2. The van der Waals surface area contributed by atoms with E-state index in [0.717, 1.165) is 25.2 Å². The highest BCUT2D eigenvalue weighted by molar-refractivity contribution is 5.82. The largest absolute Gasteiger partial charge is 0.481 e. The van der Waals surface area contributed by atoms with E-state index in [1.165, 1.54) is 64.2 Å². The molecule has 1 aliphatic rings. The molecule has 0 radical (unpaired) electrons. The second-order valence-electron chi connectivity index (χ2n) is 7.62. The van der Waals surface area contributed by atoms with Gasteiger partial charge < -0.3 is 25.7 Å². The number of aliphatic hydroxyl groups excluding tert-OH is 1. The lowest BCUT2D eigenvalue weighted by atomic mass is 10.1. The summed E-state index contributed by atoms with van der Waals surface area (Å²) in [6, 6.07) is 0.300. The molecule has 0 aliphatic carbocycles. The summed E-state index contributed by atoms with van der Waals surface area (Å²) in [5.41, 5.74) is 0. The predicted molar refractivity (Wildman–Crippen MR) is 121 cm³/mol. The zero-order valence-corrected chi connectivity index (χ0v) is 19.0. The highest BCUT2D eigenvalue weighted by Crippen LogP contribution is 2.12. The Balaban J connectivity index is 0.00000178. The van der Waals surface area contributed by atoms with E-state index >= 15 is 0 Å². The lowest BCUT2D eigenvalue weighted by Crippen LogP contribution is -2.46. The molecule has 0 saturated carbocycles. The lowest BCUT2D eigenvalue weighted by Gasteiger charge is -2.30. The van der Waals surface area contributed by atoms with Crippen LogP contribution in [0.4, 0.5) is 0 Å². The molecule has 0 fully saturated rings. The third-order valence-corrected chi connectivity index (χ3v) is 4.80. The molecule has 0 spiro atoms. The number of likely N-dealkylation sites (N-methyl/N-ethyl adjacent to an activating group) is 1. The monoisotopic (exact) mass is 412 g/mol.